The van der Waals surface area contributed by atoms with Gasteiger partial charge in [0.25, 0.3) is 0 Å². The fourth-order valence-electron chi connectivity index (χ4n) is 9.72. The second kappa shape index (κ2) is 20.2. The Morgan fingerprint density at radius 2 is 1.73 bits per heavy atom. The summed E-state index contributed by atoms with van der Waals surface area (Å²) in [6.45, 7) is 6.66. The zero-order valence-electron chi connectivity index (χ0n) is 35.0. The first-order chi connectivity index (χ1) is 29.4. The number of aliphatic hydroxyl groups is 2. The lowest BCUT2D eigenvalue weighted by Crippen LogP contribution is -2.70. The maximum atomic E-state index is 14.6. The number of fused-ring (bicyclic) bond motifs is 3. The van der Waals surface area contributed by atoms with Crippen molar-refractivity contribution in [2.45, 2.75) is 81.1 Å². The van der Waals surface area contributed by atoms with E-state index in [0.29, 0.717) is 24.3 Å². The van der Waals surface area contributed by atoms with Crippen LogP contribution < -0.4 is 9.47 Å². The SMILES string of the molecule is C=CCOC12Oc3ccc(Oc4ccc(SC)cc4)cc3C3C(CCCCO)C(CCCCO)C=C(C(=NOC)CC1N(Cc1cccc4ccccc14)C(=O)OCC)C32. The highest BCUT2D eigenvalue weighted by Crippen LogP contribution is 2.62. The number of aliphatic hydroxyl groups excluding tert-OH is 2. The molecule has 0 saturated heterocycles. The van der Waals surface area contributed by atoms with Crippen LogP contribution >= 0.6 is 11.8 Å². The first-order valence-electron chi connectivity index (χ1n) is 21.2. The van der Waals surface area contributed by atoms with Gasteiger partial charge in [0.1, 0.15) is 30.4 Å². The van der Waals surface area contributed by atoms with Crippen molar-refractivity contribution >= 4 is 34.3 Å². The third kappa shape index (κ3) is 8.96. The van der Waals surface area contributed by atoms with E-state index < -0.39 is 23.8 Å². The highest BCUT2D eigenvalue weighted by atomic mass is 32.2. The standard InChI is InChI=1S/C49H58N2O8S/c1-5-28-57-49-45(51(48(54)56-6-2)32-35-17-13-16-33-14-7-8-18-39(33)35)31-43(50-55-3)41-29-34(15-9-11-26-52)40(19-10-12-27-53)46(47(41)49)42-30-37(22-25-44(42)59-49)58-36-20-23-38(60-4)24-21-36/h5,7-8,13-14,16-18,20-25,29-30,34,40,45-47,52-53H,1,6,9-12,15,19,26-28,31-32H2,2-4H3. The van der Waals surface area contributed by atoms with Crippen LogP contribution in [0.3, 0.4) is 0 Å². The molecule has 1 amide bonds. The van der Waals surface area contributed by atoms with Crippen LogP contribution in [0.1, 0.15) is 68.9 Å². The Balaban J connectivity index is 1.44. The lowest BCUT2D eigenvalue weighted by molar-refractivity contribution is -0.256. The van der Waals surface area contributed by atoms with E-state index in [1.165, 1.54) is 0 Å². The summed E-state index contributed by atoms with van der Waals surface area (Å²) in [7, 11) is 1.55. The van der Waals surface area contributed by atoms with E-state index >= 15 is 0 Å². The first kappa shape index (κ1) is 43.3. The summed E-state index contributed by atoms with van der Waals surface area (Å²) in [5.74, 6) is 0.182. The number of carbonyl (C=O) groups excluding carboxylic acids is 1. The normalized spacial score (nSPS) is 23.5. The second-order valence-electron chi connectivity index (χ2n) is 15.7. The number of carbonyl (C=O) groups is 1. The predicted octanol–water partition coefficient (Wildman–Crippen LogP) is 10.3. The minimum atomic E-state index is -1.41. The molecule has 4 aromatic rings. The number of hydrogen-bond acceptors (Lipinski definition) is 10. The van der Waals surface area contributed by atoms with E-state index in [2.05, 4.69) is 43.0 Å². The number of allylic oxidation sites excluding steroid dienone is 1. The van der Waals surface area contributed by atoms with Gasteiger partial charge in [0.15, 0.2) is 0 Å². The van der Waals surface area contributed by atoms with E-state index in [1.54, 1.807) is 29.8 Å². The Hall–Kier alpha value is -4.81. The number of amides is 1. The minimum Gasteiger partial charge on any atom is -0.459 e. The number of unbranched alkanes of at least 4 members (excludes halogenated alkanes) is 2. The van der Waals surface area contributed by atoms with Gasteiger partial charge in [-0.3, -0.25) is 4.90 Å². The highest BCUT2D eigenvalue weighted by Gasteiger charge is 2.65. The molecule has 6 unspecified atom stereocenters. The zero-order valence-corrected chi connectivity index (χ0v) is 35.8. The molecule has 1 fully saturated rings. The molecule has 11 heteroatoms. The molecule has 10 nitrogen and oxygen atoms in total. The van der Waals surface area contributed by atoms with Crippen molar-refractivity contribution in [1.29, 1.82) is 0 Å². The predicted molar refractivity (Wildman–Crippen MR) is 237 cm³/mol. The average Bonchev–Trinajstić information content (AvgIpc) is 3.27. The van der Waals surface area contributed by atoms with Crippen molar-refractivity contribution in [2.75, 3.05) is 39.8 Å². The van der Waals surface area contributed by atoms with Gasteiger partial charge < -0.3 is 34.0 Å². The smallest absolute Gasteiger partial charge is 0.410 e. The Morgan fingerprint density at radius 3 is 2.47 bits per heavy atom. The van der Waals surface area contributed by atoms with Crippen LogP contribution in [0.2, 0.25) is 0 Å². The van der Waals surface area contributed by atoms with Crippen molar-refractivity contribution in [3.8, 4) is 17.2 Å². The molecule has 60 heavy (non-hydrogen) atoms. The van der Waals surface area contributed by atoms with Crippen LogP contribution in [0.5, 0.6) is 17.2 Å². The van der Waals surface area contributed by atoms with Gasteiger partial charge in [-0.25, -0.2) is 4.79 Å². The Bertz CT molecular complexity index is 2150. The third-order valence-electron chi connectivity index (χ3n) is 12.2. The molecule has 0 bridgehead atoms. The zero-order chi connectivity index (χ0) is 42.1. The van der Waals surface area contributed by atoms with Crippen LogP contribution in [0.15, 0.2) is 119 Å². The lowest BCUT2D eigenvalue weighted by atomic mass is 9.55. The quantitative estimate of drug-likeness (QED) is 0.0412. The van der Waals surface area contributed by atoms with Crippen LogP contribution in [0.25, 0.3) is 10.8 Å². The van der Waals surface area contributed by atoms with E-state index in [9.17, 15) is 15.0 Å². The van der Waals surface area contributed by atoms with Crippen LogP contribution in [-0.2, 0) is 20.9 Å². The average molecular weight is 835 g/mol. The molecule has 0 spiro atoms. The Labute approximate surface area is 358 Å². The topological polar surface area (TPSA) is 119 Å². The summed E-state index contributed by atoms with van der Waals surface area (Å²) in [6, 6.07) is 27.6. The number of thioether (sulfide) groups is 1. The molecule has 318 valence electrons. The van der Waals surface area contributed by atoms with Crippen molar-refractivity contribution in [1.82, 2.24) is 4.90 Å². The van der Waals surface area contributed by atoms with Crippen LogP contribution in [-0.4, -0.2) is 78.5 Å². The van der Waals surface area contributed by atoms with E-state index in [1.807, 2.05) is 67.8 Å². The molecule has 2 N–H and O–H groups in total. The molecule has 0 radical (unpaired) electrons. The fourth-order valence-corrected chi connectivity index (χ4v) is 10.1. The monoisotopic (exact) mass is 834 g/mol. The van der Waals surface area contributed by atoms with Gasteiger partial charge in [0.05, 0.1) is 31.4 Å². The van der Waals surface area contributed by atoms with E-state index in [4.69, 9.17) is 28.9 Å². The van der Waals surface area contributed by atoms with Crippen molar-refractivity contribution < 1.29 is 38.8 Å². The number of oxime groups is 1. The van der Waals surface area contributed by atoms with Crippen molar-refractivity contribution in [3.05, 3.63) is 120 Å². The number of ether oxygens (including phenoxy) is 4. The van der Waals surface area contributed by atoms with E-state index in [0.717, 1.165) is 69.5 Å². The largest absolute Gasteiger partial charge is 0.459 e. The number of rotatable bonds is 19. The maximum Gasteiger partial charge on any atom is 0.410 e. The molecule has 4 aromatic carbocycles. The second-order valence-corrected chi connectivity index (χ2v) is 16.6. The molecular formula is C49H58N2O8S. The van der Waals surface area contributed by atoms with Crippen molar-refractivity contribution in [2.24, 2.45) is 22.9 Å². The first-order valence-corrected chi connectivity index (χ1v) is 22.5. The van der Waals surface area contributed by atoms with Crippen LogP contribution in [0.4, 0.5) is 4.79 Å². The summed E-state index contributed by atoms with van der Waals surface area (Å²) < 4.78 is 26.9. The van der Waals surface area contributed by atoms with Crippen molar-refractivity contribution in [3.63, 3.8) is 0 Å². The summed E-state index contributed by atoms with van der Waals surface area (Å²) in [6.07, 6.45) is 10.6. The molecule has 2 aliphatic carbocycles. The number of hydrogen-bond donors (Lipinski definition) is 2. The molecule has 0 aromatic heterocycles. The van der Waals surface area contributed by atoms with Crippen LogP contribution in [0, 0.1) is 17.8 Å². The lowest BCUT2D eigenvalue weighted by Gasteiger charge is -2.59. The Morgan fingerprint density at radius 1 is 0.983 bits per heavy atom. The summed E-state index contributed by atoms with van der Waals surface area (Å²) in [5, 5.41) is 26.7. The molecule has 1 heterocycles. The molecule has 7 rings (SSSR count). The summed E-state index contributed by atoms with van der Waals surface area (Å²) in [4.78, 5) is 23.1. The van der Waals surface area contributed by atoms with Gasteiger partial charge in [-0.1, -0.05) is 72.6 Å². The molecule has 6 atom stereocenters. The fraction of sp³-hybridized carbons (Fsp3) is 0.429. The minimum absolute atomic E-state index is 0.0751. The summed E-state index contributed by atoms with van der Waals surface area (Å²) in [5.41, 5.74) is 3.63. The van der Waals surface area contributed by atoms with Gasteiger partial charge in [-0.15, -0.1) is 18.3 Å². The van der Waals surface area contributed by atoms with E-state index in [-0.39, 0.29) is 57.1 Å². The third-order valence-corrected chi connectivity index (χ3v) is 13.0. The van der Waals surface area contributed by atoms with Gasteiger partial charge in [-0.2, -0.15) is 0 Å². The molecule has 1 aliphatic heterocycles. The molecular weight excluding hydrogens is 777 g/mol. The van der Waals surface area contributed by atoms with Gasteiger partial charge in [0.2, 0.25) is 5.79 Å². The highest BCUT2D eigenvalue weighted by molar-refractivity contribution is 7.98. The Kier molecular flexibility index (Phi) is 14.5. The summed E-state index contributed by atoms with van der Waals surface area (Å²) >= 11 is 1.68. The molecule has 1 saturated carbocycles. The van der Waals surface area contributed by atoms with Gasteiger partial charge >= 0.3 is 6.09 Å². The number of benzene rings is 4. The number of nitrogens with zero attached hydrogens (tertiary/aromatic N) is 2. The van der Waals surface area contributed by atoms with Gasteiger partial charge in [0, 0.05) is 36.0 Å². The maximum absolute atomic E-state index is 14.6. The molecule has 3 aliphatic rings. The van der Waals surface area contributed by atoms with Gasteiger partial charge in [-0.05, 0) is 115 Å².